The highest BCUT2D eigenvalue weighted by atomic mass is 19.3. The lowest BCUT2D eigenvalue weighted by Gasteiger charge is -2.23. The van der Waals surface area contributed by atoms with Gasteiger partial charge in [0.15, 0.2) is 5.78 Å². The number of Topliss-reactive ketones (excluding diaryl/α,β-unsaturated/α-hetero) is 1. The summed E-state index contributed by atoms with van der Waals surface area (Å²) in [6, 6.07) is 1.13. The summed E-state index contributed by atoms with van der Waals surface area (Å²) in [6.07, 6.45) is 0.0242. The Labute approximate surface area is 124 Å². The summed E-state index contributed by atoms with van der Waals surface area (Å²) in [6.45, 7) is 1.81. The smallest absolute Gasteiger partial charge is 0.376 e. The molecule has 0 bridgehead atoms. The number of hydrogen-bond donors (Lipinski definition) is 1. The first-order valence-electron chi connectivity index (χ1n) is 6.70. The Hall–Kier alpha value is -1.93. The Morgan fingerprint density at radius 1 is 1.32 bits per heavy atom. The molecule has 1 heterocycles. The quantitative estimate of drug-likeness (QED) is 0.841. The second-order valence-electron chi connectivity index (χ2n) is 4.84. The van der Waals surface area contributed by atoms with Crippen LogP contribution in [0.4, 0.5) is 13.3 Å². The lowest BCUT2D eigenvalue weighted by molar-refractivity contribution is -0.0788. The lowest BCUT2D eigenvalue weighted by atomic mass is 10.0. The van der Waals surface area contributed by atoms with Crippen LogP contribution in [-0.2, 0) is 9.68 Å². The third-order valence-electron chi connectivity index (χ3n) is 3.32. The van der Waals surface area contributed by atoms with Crippen LogP contribution in [-0.4, -0.2) is 37.6 Å². The van der Waals surface area contributed by atoms with Crippen molar-refractivity contribution in [1.29, 1.82) is 0 Å². The molecule has 0 spiro atoms. The topological polar surface area (TPSA) is 64.6 Å². The van der Waals surface area contributed by atoms with Gasteiger partial charge in [-0.15, -0.1) is 0 Å². The highest BCUT2D eigenvalue weighted by molar-refractivity contribution is 5.98. The largest absolute Gasteiger partial charge is 0.379 e. The molecule has 1 aliphatic heterocycles. The van der Waals surface area contributed by atoms with E-state index in [0.717, 1.165) is 6.54 Å². The molecular weight excluding hydrogens is 303 g/mol. The molecule has 0 aromatic heterocycles. The molecule has 2 rings (SSSR count). The van der Waals surface area contributed by atoms with Crippen LogP contribution < -0.4 is 5.32 Å². The lowest BCUT2D eigenvalue weighted by Crippen LogP contribution is -2.38. The average molecular weight is 317 g/mol. The Morgan fingerprint density at radius 3 is 2.55 bits per heavy atom. The van der Waals surface area contributed by atoms with Crippen LogP contribution in [0.15, 0.2) is 12.1 Å². The monoisotopic (exact) mass is 317 g/mol. The molecule has 0 aliphatic carbocycles. The minimum Gasteiger partial charge on any atom is -0.376 e. The Balaban J connectivity index is 2.07. The van der Waals surface area contributed by atoms with Gasteiger partial charge in [0.05, 0.1) is 23.8 Å². The van der Waals surface area contributed by atoms with Crippen molar-refractivity contribution in [3.05, 3.63) is 34.9 Å². The van der Waals surface area contributed by atoms with Gasteiger partial charge in [0, 0.05) is 24.0 Å². The summed E-state index contributed by atoms with van der Waals surface area (Å²) < 4.78 is 44.7. The zero-order valence-electron chi connectivity index (χ0n) is 11.5. The molecule has 1 saturated heterocycles. The number of ketones is 1. The van der Waals surface area contributed by atoms with Crippen LogP contribution in [0.25, 0.3) is 0 Å². The zero-order valence-corrected chi connectivity index (χ0v) is 11.5. The van der Waals surface area contributed by atoms with Gasteiger partial charge < -0.3 is 10.1 Å². The molecule has 5 nitrogen and oxygen atoms in total. The fraction of sp³-hybridized carbons (Fsp3) is 0.429. The summed E-state index contributed by atoms with van der Waals surface area (Å²) in [7, 11) is 0. The zero-order chi connectivity index (χ0) is 16.1. The molecule has 1 unspecified atom stereocenters. The maximum atomic E-state index is 13.8. The van der Waals surface area contributed by atoms with E-state index in [1.165, 1.54) is 0 Å². The number of benzene rings is 1. The maximum absolute atomic E-state index is 13.8. The van der Waals surface area contributed by atoms with Crippen molar-refractivity contribution >= 4 is 11.8 Å². The molecule has 0 saturated carbocycles. The molecular formula is C14H14F3NO4. The summed E-state index contributed by atoms with van der Waals surface area (Å²) in [5.74, 6) is -4.73. The fourth-order valence-electron chi connectivity index (χ4n) is 2.22. The van der Waals surface area contributed by atoms with Gasteiger partial charge >= 0.3 is 5.97 Å². The Bertz CT molecular complexity index is 550. The highest BCUT2D eigenvalue weighted by Crippen LogP contribution is 2.19. The first kappa shape index (κ1) is 16.4. The summed E-state index contributed by atoms with van der Waals surface area (Å²) >= 11 is 0. The number of halogens is 3. The number of carbonyl (C=O) groups excluding carboxylic acids is 2. The molecule has 1 atom stereocenters. The standard InChI is InChI=1S/C14H14F3NO4/c15-10-5-8(14(20)22-17)6-11(16)13(10)12(19)2-1-9-7-18-3-4-21-9/h5-6,9,18H,1-4,7H2. The predicted molar refractivity (Wildman–Crippen MR) is 69.1 cm³/mol. The van der Waals surface area contributed by atoms with E-state index in [4.69, 9.17) is 4.74 Å². The van der Waals surface area contributed by atoms with E-state index < -0.39 is 34.5 Å². The first-order chi connectivity index (χ1) is 10.5. The van der Waals surface area contributed by atoms with E-state index in [2.05, 4.69) is 10.3 Å². The number of carbonyl (C=O) groups is 2. The van der Waals surface area contributed by atoms with Gasteiger partial charge in [0.1, 0.15) is 11.6 Å². The number of rotatable bonds is 5. The Kier molecular flexibility index (Phi) is 5.51. The summed E-state index contributed by atoms with van der Waals surface area (Å²) in [5.41, 5.74) is -1.40. The average Bonchev–Trinajstić information content (AvgIpc) is 2.52. The van der Waals surface area contributed by atoms with Crippen LogP contribution in [0, 0.1) is 11.6 Å². The van der Waals surface area contributed by atoms with Crippen molar-refractivity contribution in [2.24, 2.45) is 0 Å². The summed E-state index contributed by atoms with van der Waals surface area (Å²) in [5, 5.41) is 3.08. The molecule has 1 aliphatic rings. The van der Waals surface area contributed by atoms with Crippen LogP contribution in [0.5, 0.6) is 0 Å². The third kappa shape index (κ3) is 3.83. The van der Waals surface area contributed by atoms with Crippen molar-refractivity contribution in [2.45, 2.75) is 18.9 Å². The van der Waals surface area contributed by atoms with Gasteiger partial charge in [-0.1, -0.05) is 0 Å². The molecule has 1 N–H and O–H groups in total. The second-order valence-corrected chi connectivity index (χ2v) is 4.84. The summed E-state index contributed by atoms with van der Waals surface area (Å²) in [4.78, 5) is 25.7. The molecule has 0 radical (unpaired) electrons. The SMILES string of the molecule is O=C(OF)c1cc(F)c(C(=O)CCC2CNCCO2)c(F)c1. The van der Waals surface area contributed by atoms with E-state index in [0.29, 0.717) is 31.7 Å². The maximum Gasteiger partial charge on any atom is 0.379 e. The molecule has 22 heavy (non-hydrogen) atoms. The van der Waals surface area contributed by atoms with Crippen molar-refractivity contribution in [2.75, 3.05) is 19.7 Å². The van der Waals surface area contributed by atoms with Crippen LogP contribution in [0.3, 0.4) is 0 Å². The van der Waals surface area contributed by atoms with E-state index >= 15 is 0 Å². The van der Waals surface area contributed by atoms with Gasteiger partial charge in [-0.2, -0.15) is 0 Å². The molecule has 1 aromatic carbocycles. The van der Waals surface area contributed by atoms with Gasteiger partial charge in [-0.3, -0.25) is 4.79 Å². The Morgan fingerprint density at radius 2 is 2.00 bits per heavy atom. The highest BCUT2D eigenvalue weighted by Gasteiger charge is 2.23. The molecule has 1 fully saturated rings. The van der Waals surface area contributed by atoms with Gasteiger partial charge in [-0.05, 0) is 18.6 Å². The van der Waals surface area contributed by atoms with E-state index in [1.54, 1.807) is 0 Å². The number of nitrogens with one attached hydrogen (secondary N) is 1. The van der Waals surface area contributed by atoms with Crippen LogP contribution in [0.2, 0.25) is 0 Å². The normalized spacial score (nSPS) is 18.0. The van der Waals surface area contributed by atoms with E-state index in [-0.39, 0.29) is 12.5 Å². The van der Waals surface area contributed by atoms with Gasteiger partial charge in [0.2, 0.25) is 0 Å². The van der Waals surface area contributed by atoms with Crippen LogP contribution in [0.1, 0.15) is 33.6 Å². The van der Waals surface area contributed by atoms with Crippen molar-refractivity contribution in [3.8, 4) is 0 Å². The third-order valence-corrected chi connectivity index (χ3v) is 3.32. The molecule has 120 valence electrons. The van der Waals surface area contributed by atoms with E-state index in [9.17, 15) is 22.9 Å². The van der Waals surface area contributed by atoms with E-state index in [1.807, 2.05) is 0 Å². The molecule has 8 heteroatoms. The van der Waals surface area contributed by atoms with Crippen molar-refractivity contribution in [1.82, 2.24) is 5.32 Å². The second kappa shape index (κ2) is 7.37. The first-order valence-corrected chi connectivity index (χ1v) is 6.70. The number of morpholine rings is 1. The predicted octanol–water partition coefficient (Wildman–Crippen LogP) is 1.96. The molecule has 1 aromatic rings. The number of hydrogen-bond acceptors (Lipinski definition) is 5. The minimum atomic E-state index is -1.53. The minimum absolute atomic E-state index is 0.104. The van der Waals surface area contributed by atoms with Crippen LogP contribution >= 0.6 is 0 Å². The number of ether oxygens (including phenoxy) is 1. The van der Waals surface area contributed by atoms with Gasteiger partial charge in [-0.25, -0.2) is 18.5 Å². The van der Waals surface area contributed by atoms with Crippen molar-refractivity contribution in [3.63, 3.8) is 0 Å². The van der Waals surface area contributed by atoms with Gasteiger partial charge in [0.25, 0.3) is 0 Å². The fourth-order valence-corrected chi connectivity index (χ4v) is 2.22. The molecule has 0 amide bonds. The van der Waals surface area contributed by atoms with Crippen molar-refractivity contribution < 1.29 is 32.6 Å².